The van der Waals surface area contributed by atoms with Crippen LogP contribution >= 0.6 is 23.2 Å². The van der Waals surface area contributed by atoms with E-state index >= 15 is 0 Å². The molecular formula is C12H16Cl2N2O2. The average molecular weight is 291 g/mol. The van der Waals surface area contributed by atoms with Crippen LogP contribution in [0.1, 0.15) is 24.2 Å². The molecule has 0 aliphatic rings. The number of nitrogens with two attached hydrogens (primary N) is 1. The van der Waals surface area contributed by atoms with Crippen molar-refractivity contribution >= 4 is 34.8 Å². The van der Waals surface area contributed by atoms with E-state index in [4.69, 9.17) is 33.7 Å². The van der Waals surface area contributed by atoms with Crippen LogP contribution in [0.2, 0.25) is 10.0 Å². The van der Waals surface area contributed by atoms with Gasteiger partial charge in [-0.25, -0.2) is 0 Å². The van der Waals surface area contributed by atoms with E-state index in [0.29, 0.717) is 12.1 Å². The average Bonchev–Trinajstić information content (AvgIpc) is 2.32. The molecule has 1 aromatic rings. The number of nitrogens with one attached hydrogen (secondary N) is 1. The number of methoxy groups -OCH3 is 1. The molecule has 3 N–H and O–H groups in total. The van der Waals surface area contributed by atoms with Crippen LogP contribution in [-0.2, 0) is 4.74 Å². The molecule has 18 heavy (non-hydrogen) atoms. The van der Waals surface area contributed by atoms with Gasteiger partial charge in [0.1, 0.15) is 0 Å². The van der Waals surface area contributed by atoms with Gasteiger partial charge >= 0.3 is 0 Å². The van der Waals surface area contributed by atoms with Crippen molar-refractivity contribution in [2.75, 3.05) is 19.4 Å². The third-order valence-corrected chi connectivity index (χ3v) is 3.36. The maximum absolute atomic E-state index is 11.9. The van der Waals surface area contributed by atoms with Gasteiger partial charge in [0.2, 0.25) is 0 Å². The van der Waals surface area contributed by atoms with Gasteiger partial charge in [0.15, 0.2) is 0 Å². The highest BCUT2D eigenvalue weighted by Crippen LogP contribution is 2.29. The molecule has 0 unspecified atom stereocenters. The molecule has 1 amide bonds. The van der Waals surface area contributed by atoms with Crippen LogP contribution in [0.4, 0.5) is 5.69 Å². The molecule has 0 saturated heterocycles. The lowest BCUT2D eigenvalue weighted by Gasteiger charge is -2.23. The predicted molar refractivity (Wildman–Crippen MR) is 74.3 cm³/mol. The fourth-order valence-corrected chi connectivity index (χ4v) is 1.54. The van der Waals surface area contributed by atoms with Gasteiger partial charge < -0.3 is 15.8 Å². The van der Waals surface area contributed by atoms with Crippen LogP contribution in [0, 0.1) is 0 Å². The quantitative estimate of drug-likeness (QED) is 0.838. The summed E-state index contributed by atoms with van der Waals surface area (Å²) in [5.74, 6) is -0.273. The number of anilines is 1. The van der Waals surface area contributed by atoms with Crippen LogP contribution in [0.25, 0.3) is 0 Å². The van der Waals surface area contributed by atoms with E-state index in [1.807, 2.05) is 13.8 Å². The van der Waals surface area contributed by atoms with Gasteiger partial charge in [-0.3, -0.25) is 4.79 Å². The summed E-state index contributed by atoms with van der Waals surface area (Å²) in [4.78, 5) is 11.9. The molecule has 1 aromatic carbocycles. The molecule has 1 rings (SSSR count). The lowest BCUT2D eigenvalue weighted by Crippen LogP contribution is -2.39. The molecule has 0 fully saturated rings. The number of carbonyl (C=O) groups excluding carboxylic acids is 1. The van der Waals surface area contributed by atoms with E-state index in [1.54, 1.807) is 7.11 Å². The number of halogens is 2. The van der Waals surface area contributed by atoms with E-state index in [1.165, 1.54) is 12.1 Å². The number of nitrogen functional groups attached to an aromatic ring is 1. The molecule has 0 saturated carbocycles. The van der Waals surface area contributed by atoms with Crippen LogP contribution in [0.3, 0.4) is 0 Å². The minimum Gasteiger partial charge on any atom is -0.397 e. The summed E-state index contributed by atoms with van der Waals surface area (Å²) < 4.78 is 5.20. The van der Waals surface area contributed by atoms with Crippen molar-refractivity contribution < 1.29 is 9.53 Å². The number of carbonyl (C=O) groups is 1. The van der Waals surface area contributed by atoms with Crippen LogP contribution < -0.4 is 11.1 Å². The Balaban J connectivity index is 2.80. The summed E-state index contributed by atoms with van der Waals surface area (Å²) in [6.07, 6.45) is 0. The van der Waals surface area contributed by atoms with Crippen molar-refractivity contribution in [1.29, 1.82) is 0 Å². The van der Waals surface area contributed by atoms with Gasteiger partial charge in [0, 0.05) is 19.2 Å². The Morgan fingerprint density at radius 3 is 2.56 bits per heavy atom. The van der Waals surface area contributed by atoms with Crippen molar-refractivity contribution in [1.82, 2.24) is 5.32 Å². The van der Waals surface area contributed by atoms with E-state index in [-0.39, 0.29) is 21.6 Å². The molecule has 0 aliphatic carbocycles. The number of rotatable bonds is 4. The summed E-state index contributed by atoms with van der Waals surface area (Å²) >= 11 is 11.7. The first-order valence-corrected chi connectivity index (χ1v) is 6.10. The third-order valence-electron chi connectivity index (χ3n) is 2.55. The molecule has 100 valence electrons. The molecule has 0 aliphatic heterocycles. The molecule has 0 aromatic heterocycles. The highest BCUT2D eigenvalue weighted by molar-refractivity contribution is 6.43. The van der Waals surface area contributed by atoms with Crippen molar-refractivity contribution in [2.24, 2.45) is 0 Å². The van der Waals surface area contributed by atoms with Crippen molar-refractivity contribution in [3.05, 3.63) is 27.7 Å². The maximum Gasteiger partial charge on any atom is 0.251 e. The Hall–Kier alpha value is -0.970. The summed E-state index contributed by atoms with van der Waals surface area (Å²) in [5.41, 5.74) is 5.86. The highest BCUT2D eigenvalue weighted by atomic mass is 35.5. The Kier molecular flexibility index (Phi) is 4.85. The molecule has 0 heterocycles. The zero-order valence-electron chi connectivity index (χ0n) is 10.5. The van der Waals surface area contributed by atoms with Gasteiger partial charge in [-0.15, -0.1) is 0 Å². The van der Waals surface area contributed by atoms with Gasteiger partial charge in [0.05, 0.1) is 21.3 Å². The second kappa shape index (κ2) is 5.78. The zero-order chi connectivity index (χ0) is 13.9. The molecule has 0 atom stereocenters. The second-order valence-corrected chi connectivity index (χ2v) is 5.29. The predicted octanol–water partition coefficient (Wildman–Crippen LogP) is 2.73. The first kappa shape index (κ1) is 15.1. The summed E-state index contributed by atoms with van der Waals surface area (Å²) in [6.45, 7) is 4.12. The summed E-state index contributed by atoms with van der Waals surface area (Å²) in [6, 6.07) is 2.97. The number of benzene rings is 1. The van der Waals surface area contributed by atoms with Gasteiger partial charge in [-0.05, 0) is 26.0 Å². The van der Waals surface area contributed by atoms with E-state index in [2.05, 4.69) is 5.32 Å². The monoisotopic (exact) mass is 290 g/mol. The second-order valence-electron chi connectivity index (χ2n) is 4.51. The Morgan fingerprint density at radius 1 is 1.44 bits per heavy atom. The van der Waals surface area contributed by atoms with E-state index < -0.39 is 5.60 Å². The number of hydrogen-bond donors (Lipinski definition) is 2. The Morgan fingerprint density at radius 2 is 2.06 bits per heavy atom. The number of ether oxygens (including phenoxy) is 1. The zero-order valence-corrected chi connectivity index (χ0v) is 12.0. The van der Waals surface area contributed by atoms with Gasteiger partial charge in [-0.2, -0.15) is 0 Å². The smallest absolute Gasteiger partial charge is 0.251 e. The van der Waals surface area contributed by atoms with Gasteiger partial charge in [0.25, 0.3) is 5.91 Å². The number of amides is 1. The SMILES string of the molecule is COC(C)(C)CNC(=O)c1cc(N)c(Cl)c(Cl)c1. The fraction of sp³-hybridized carbons (Fsp3) is 0.417. The Labute approximate surface area is 116 Å². The molecule has 4 nitrogen and oxygen atoms in total. The fourth-order valence-electron chi connectivity index (χ4n) is 1.21. The lowest BCUT2D eigenvalue weighted by atomic mass is 10.1. The van der Waals surface area contributed by atoms with Crippen molar-refractivity contribution in [3.63, 3.8) is 0 Å². The maximum atomic E-state index is 11.9. The minimum absolute atomic E-state index is 0.255. The normalized spacial score (nSPS) is 11.4. The molecule has 6 heteroatoms. The van der Waals surface area contributed by atoms with E-state index in [0.717, 1.165) is 0 Å². The topological polar surface area (TPSA) is 64.3 Å². The summed E-state index contributed by atoms with van der Waals surface area (Å²) in [5, 5.41) is 3.26. The van der Waals surface area contributed by atoms with E-state index in [9.17, 15) is 4.79 Å². The van der Waals surface area contributed by atoms with Crippen LogP contribution in [0.5, 0.6) is 0 Å². The van der Waals surface area contributed by atoms with Gasteiger partial charge in [-0.1, -0.05) is 23.2 Å². The standard InChI is InChI=1S/C12H16Cl2N2O2/c1-12(2,18-3)6-16-11(17)7-4-8(13)10(14)9(15)5-7/h4-5H,6,15H2,1-3H3,(H,16,17). The lowest BCUT2D eigenvalue weighted by molar-refractivity contribution is 0.0229. The molecular weight excluding hydrogens is 275 g/mol. The van der Waals surface area contributed by atoms with Crippen LogP contribution in [-0.4, -0.2) is 25.2 Å². The largest absolute Gasteiger partial charge is 0.397 e. The van der Waals surface area contributed by atoms with Crippen molar-refractivity contribution in [2.45, 2.75) is 19.4 Å². The molecule has 0 spiro atoms. The first-order valence-electron chi connectivity index (χ1n) is 5.34. The van der Waals surface area contributed by atoms with Crippen LogP contribution in [0.15, 0.2) is 12.1 Å². The highest BCUT2D eigenvalue weighted by Gasteiger charge is 2.18. The molecule has 0 radical (unpaired) electrons. The number of hydrogen-bond acceptors (Lipinski definition) is 3. The minimum atomic E-state index is -0.433. The Bertz CT molecular complexity index is 438. The first-order chi connectivity index (χ1) is 8.26. The third kappa shape index (κ3) is 3.77. The van der Waals surface area contributed by atoms with Crippen molar-refractivity contribution in [3.8, 4) is 0 Å². The summed E-state index contributed by atoms with van der Waals surface area (Å²) in [7, 11) is 1.59. The molecule has 0 bridgehead atoms.